The average molecular weight is 201 g/mol. The minimum absolute atomic E-state index is 0.619. The Kier molecular flexibility index (Phi) is 1.87. The zero-order valence-electron chi connectivity index (χ0n) is 8.35. The van der Waals surface area contributed by atoms with Crippen LogP contribution in [0.2, 0.25) is 0 Å². The van der Waals surface area contributed by atoms with Crippen molar-refractivity contribution in [2.24, 2.45) is 0 Å². The van der Waals surface area contributed by atoms with Gasteiger partial charge < -0.3 is 14.6 Å². The Balaban J connectivity index is 2.38. The van der Waals surface area contributed by atoms with Crippen molar-refractivity contribution in [2.75, 3.05) is 0 Å². The maximum absolute atomic E-state index is 9.28. The van der Waals surface area contributed by atoms with Crippen molar-refractivity contribution in [3.05, 3.63) is 30.0 Å². The largest absolute Gasteiger partial charge is 0.490 e. The number of benzene rings is 1. The van der Waals surface area contributed by atoms with Gasteiger partial charge in [0, 0.05) is 18.2 Å². The van der Waals surface area contributed by atoms with Crippen LogP contribution in [-0.2, 0) is 13.0 Å². The minimum atomic E-state index is -1.37. The smallest absolute Gasteiger partial charge is 0.423 e. The molecule has 0 spiro atoms. The summed E-state index contributed by atoms with van der Waals surface area (Å²) in [6, 6.07) is 6.06. The standard InChI is InChI=1S/C11H12BNO2/c14-12(15)10-7-13-6-2-4-8-3-1-5-9(10)11(8)13/h1,3,5,7,14-15H,2,4,6H2. The van der Waals surface area contributed by atoms with Gasteiger partial charge in [0.15, 0.2) is 0 Å². The van der Waals surface area contributed by atoms with E-state index in [-0.39, 0.29) is 0 Å². The highest BCUT2D eigenvalue weighted by Gasteiger charge is 2.21. The van der Waals surface area contributed by atoms with Crippen LogP contribution in [-0.4, -0.2) is 21.7 Å². The van der Waals surface area contributed by atoms with Crippen LogP contribution in [0.15, 0.2) is 24.4 Å². The van der Waals surface area contributed by atoms with E-state index in [2.05, 4.69) is 10.6 Å². The first-order valence-corrected chi connectivity index (χ1v) is 5.24. The first kappa shape index (κ1) is 9.01. The molecule has 0 unspecified atom stereocenters. The number of rotatable bonds is 1. The fourth-order valence-electron chi connectivity index (χ4n) is 2.49. The summed E-state index contributed by atoms with van der Waals surface area (Å²) in [5.74, 6) is 0. The lowest BCUT2D eigenvalue weighted by atomic mass is 9.80. The second-order valence-corrected chi connectivity index (χ2v) is 4.07. The van der Waals surface area contributed by atoms with Gasteiger partial charge in [-0.15, -0.1) is 0 Å². The molecule has 1 aliphatic heterocycles. The van der Waals surface area contributed by atoms with E-state index in [1.165, 1.54) is 11.1 Å². The maximum Gasteiger partial charge on any atom is 0.490 e. The summed E-state index contributed by atoms with van der Waals surface area (Å²) in [4.78, 5) is 0. The first-order chi connectivity index (χ1) is 7.27. The van der Waals surface area contributed by atoms with Crippen LogP contribution in [0.25, 0.3) is 10.9 Å². The molecule has 3 nitrogen and oxygen atoms in total. The third-order valence-electron chi connectivity index (χ3n) is 3.14. The van der Waals surface area contributed by atoms with E-state index in [1.54, 1.807) is 0 Å². The molecule has 0 aliphatic carbocycles. The van der Waals surface area contributed by atoms with Crippen molar-refractivity contribution in [2.45, 2.75) is 19.4 Å². The van der Waals surface area contributed by atoms with Crippen LogP contribution in [0.1, 0.15) is 12.0 Å². The summed E-state index contributed by atoms with van der Waals surface area (Å²) >= 11 is 0. The quantitative estimate of drug-likeness (QED) is 0.650. The molecule has 0 atom stereocenters. The van der Waals surface area contributed by atoms with Crippen LogP contribution >= 0.6 is 0 Å². The molecule has 3 rings (SSSR count). The molecule has 4 heteroatoms. The molecule has 2 aromatic rings. The predicted octanol–water partition coefficient (Wildman–Crippen LogP) is 0.267. The van der Waals surface area contributed by atoms with Crippen molar-refractivity contribution >= 4 is 23.5 Å². The van der Waals surface area contributed by atoms with E-state index < -0.39 is 7.12 Å². The third kappa shape index (κ3) is 1.22. The van der Waals surface area contributed by atoms with Gasteiger partial charge in [-0.3, -0.25) is 0 Å². The molecule has 2 heterocycles. The monoisotopic (exact) mass is 201 g/mol. The zero-order valence-corrected chi connectivity index (χ0v) is 8.35. The lowest BCUT2D eigenvalue weighted by Crippen LogP contribution is -2.29. The van der Waals surface area contributed by atoms with Crippen molar-refractivity contribution < 1.29 is 10.0 Å². The number of hydrogen-bond donors (Lipinski definition) is 2. The van der Waals surface area contributed by atoms with E-state index in [9.17, 15) is 10.0 Å². The molecular formula is C11H12BNO2. The Morgan fingerprint density at radius 2 is 2.13 bits per heavy atom. The van der Waals surface area contributed by atoms with E-state index in [4.69, 9.17) is 0 Å². The highest BCUT2D eigenvalue weighted by Crippen LogP contribution is 2.24. The first-order valence-electron chi connectivity index (χ1n) is 5.24. The molecule has 0 amide bonds. The van der Waals surface area contributed by atoms with Gasteiger partial charge in [0.1, 0.15) is 0 Å². The number of aryl methyl sites for hydroxylation is 2. The SMILES string of the molecule is OB(O)c1cn2c3c(cccc13)CCC2. The number of nitrogens with zero attached hydrogens (tertiary/aromatic N) is 1. The second kappa shape index (κ2) is 3.12. The van der Waals surface area contributed by atoms with Crippen LogP contribution in [0.4, 0.5) is 0 Å². The Labute approximate surface area is 88.1 Å². The molecule has 0 bridgehead atoms. The fraction of sp³-hybridized carbons (Fsp3) is 0.273. The fourth-order valence-corrected chi connectivity index (χ4v) is 2.49. The summed E-state index contributed by atoms with van der Waals surface area (Å²) in [6.07, 6.45) is 4.07. The molecule has 1 aromatic heterocycles. The number of aromatic nitrogens is 1. The molecule has 1 aromatic carbocycles. The van der Waals surface area contributed by atoms with E-state index in [0.717, 1.165) is 24.8 Å². The summed E-state index contributed by atoms with van der Waals surface area (Å²) in [5.41, 5.74) is 3.10. The normalized spacial score (nSPS) is 14.5. The average Bonchev–Trinajstić information content (AvgIpc) is 2.61. The van der Waals surface area contributed by atoms with Crippen molar-refractivity contribution in [1.29, 1.82) is 0 Å². The Hall–Kier alpha value is -1.26. The zero-order chi connectivity index (χ0) is 10.4. The minimum Gasteiger partial charge on any atom is -0.423 e. The lowest BCUT2D eigenvalue weighted by molar-refractivity contribution is 0.426. The summed E-state index contributed by atoms with van der Waals surface area (Å²) in [6.45, 7) is 0.972. The molecule has 2 N–H and O–H groups in total. The van der Waals surface area contributed by atoms with E-state index >= 15 is 0 Å². The number of hydrogen-bond acceptors (Lipinski definition) is 2. The van der Waals surface area contributed by atoms with Gasteiger partial charge >= 0.3 is 7.12 Å². The van der Waals surface area contributed by atoms with Gasteiger partial charge in [0.2, 0.25) is 0 Å². The van der Waals surface area contributed by atoms with Crippen molar-refractivity contribution in [3.63, 3.8) is 0 Å². The van der Waals surface area contributed by atoms with Gasteiger partial charge in [-0.1, -0.05) is 18.2 Å². The highest BCUT2D eigenvalue weighted by molar-refractivity contribution is 6.62. The van der Waals surface area contributed by atoms with Crippen LogP contribution in [0.5, 0.6) is 0 Å². The summed E-state index contributed by atoms with van der Waals surface area (Å²) < 4.78 is 2.13. The Morgan fingerprint density at radius 3 is 2.93 bits per heavy atom. The van der Waals surface area contributed by atoms with E-state index in [1.807, 2.05) is 18.3 Å². The van der Waals surface area contributed by atoms with Gasteiger partial charge in [0.25, 0.3) is 0 Å². The Bertz CT molecular complexity index is 519. The van der Waals surface area contributed by atoms with Crippen LogP contribution in [0, 0.1) is 0 Å². The summed E-state index contributed by atoms with van der Waals surface area (Å²) in [5, 5.41) is 19.5. The number of para-hydroxylation sites is 1. The third-order valence-corrected chi connectivity index (χ3v) is 3.14. The molecule has 0 saturated heterocycles. The molecule has 0 saturated carbocycles. The van der Waals surface area contributed by atoms with Crippen molar-refractivity contribution in [3.8, 4) is 0 Å². The van der Waals surface area contributed by atoms with Crippen molar-refractivity contribution in [1.82, 2.24) is 4.57 Å². The topological polar surface area (TPSA) is 45.4 Å². The predicted molar refractivity (Wildman–Crippen MR) is 60.1 cm³/mol. The van der Waals surface area contributed by atoms with Gasteiger partial charge in [-0.25, -0.2) is 0 Å². The molecule has 15 heavy (non-hydrogen) atoms. The van der Waals surface area contributed by atoms with Gasteiger partial charge in [-0.2, -0.15) is 0 Å². The van der Waals surface area contributed by atoms with Crippen LogP contribution < -0.4 is 5.46 Å². The molecule has 76 valence electrons. The second-order valence-electron chi connectivity index (χ2n) is 4.07. The van der Waals surface area contributed by atoms with Gasteiger partial charge in [-0.05, 0) is 23.8 Å². The molecule has 0 radical (unpaired) electrons. The van der Waals surface area contributed by atoms with Gasteiger partial charge in [0.05, 0.1) is 5.52 Å². The molecule has 1 aliphatic rings. The lowest BCUT2D eigenvalue weighted by Gasteiger charge is -2.14. The molecular weight excluding hydrogens is 189 g/mol. The highest BCUT2D eigenvalue weighted by atomic mass is 16.4. The molecule has 0 fully saturated rings. The van der Waals surface area contributed by atoms with E-state index in [0.29, 0.717) is 5.46 Å². The maximum atomic E-state index is 9.28. The van der Waals surface area contributed by atoms with Crippen LogP contribution in [0.3, 0.4) is 0 Å². The Morgan fingerprint density at radius 1 is 1.27 bits per heavy atom. The summed E-state index contributed by atoms with van der Waals surface area (Å²) in [7, 11) is -1.37.